The lowest BCUT2D eigenvalue weighted by molar-refractivity contribution is -0.126. The van der Waals surface area contributed by atoms with Gasteiger partial charge < -0.3 is 5.43 Å². The number of Topliss-reactive ketones (excluding diaryl/α,β-unsaturated/α-hetero) is 1. The monoisotopic (exact) mass is 276 g/mol. The number of ketones is 1. The highest BCUT2D eigenvalue weighted by molar-refractivity contribution is 6.30. The summed E-state index contributed by atoms with van der Waals surface area (Å²) in [5.41, 5.74) is 5.05. The van der Waals surface area contributed by atoms with Crippen LogP contribution in [-0.4, -0.2) is 17.5 Å². The van der Waals surface area contributed by atoms with E-state index in [4.69, 9.17) is 11.6 Å². The zero-order valence-corrected chi connectivity index (χ0v) is 11.9. The number of carbonyl (C=O) groups excluding carboxylic acids is 1. The molecule has 1 aliphatic heterocycles. The van der Waals surface area contributed by atoms with Gasteiger partial charge in [-0.15, -0.1) is 0 Å². The van der Waals surface area contributed by atoms with Crippen molar-refractivity contribution >= 4 is 23.1 Å². The lowest BCUT2D eigenvalue weighted by atomic mass is 9.68. The lowest BCUT2D eigenvalue weighted by Gasteiger charge is -2.36. The molecule has 0 unspecified atom stereocenters. The molecule has 0 aromatic heterocycles. The average Bonchev–Trinajstić information content (AvgIpc) is 2.72. The number of rotatable bonds is 1. The molecule has 0 radical (unpaired) electrons. The first-order valence-corrected chi connectivity index (χ1v) is 6.96. The van der Waals surface area contributed by atoms with Crippen molar-refractivity contribution in [3.05, 3.63) is 34.9 Å². The van der Waals surface area contributed by atoms with E-state index < -0.39 is 0 Å². The highest BCUT2D eigenvalue weighted by Gasteiger charge is 2.46. The maximum absolute atomic E-state index is 12.4. The van der Waals surface area contributed by atoms with Gasteiger partial charge in [0.1, 0.15) is 5.78 Å². The smallest absolute Gasteiger partial charge is 0.144 e. The van der Waals surface area contributed by atoms with Crippen LogP contribution in [0.25, 0.3) is 0 Å². The maximum atomic E-state index is 12.4. The summed E-state index contributed by atoms with van der Waals surface area (Å²) >= 11 is 5.90. The first-order valence-electron chi connectivity index (χ1n) is 6.58. The number of hydrogen-bond acceptors (Lipinski definition) is 3. The van der Waals surface area contributed by atoms with Crippen LogP contribution in [0.5, 0.6) is 0 Å². The van der Waals surface area contributed by atoms with E-state index in [2.05, 4.69) is 24.4 Å². The molecule has 0 amide bonds. The van der Waals surface area contributed by atoms with E-state index in [0.717, 1.165) is 17.7 Å². The van der Waals surface area contributed by atoms with Crippen molar-refractivity contribution < 1.29 is 4.79 Å². The van der Waals surface area contributed by atoms with Crippen LogP contribution in [0.3, 0.4) is 0 Å². The van der Waals surface area contributed by atoms with Gasteiger partial charge in [0, 0.05) is 11.4 Å². The number of benzene rings is 1. The van der Waals surface area contributed by atoms with Gasteiger partial charge in [0.05, 0.1) is 17.7 Å². The predicted molar refractivity (Wildman–Crippen MR) is 76.4 cm³/mol. The zero-order valence-electron chi connectivity index (χ0n) is 11.1. The Kier molecular flexibility index (Phi) is 2.90. The fourth-order valence-electron chi connectivity index (χ4n) is 3.14. The molecule has 1 saturated carbocycles. The normalized spacial score (nSPS) is 28.6. The Morgan fingerprint density at radius 2 is 2.00 bits per heavy atom. The van der Waals surface area contributed by atoms with E-state index in [1.54, 1.807) is 0 Å². The minimum absolute atomic E-state index is 0.0657. The zero-order chi connectivity index (χ0) is 13.6. The summed E-state index contributed by atoms with van der Waals surface area (Å²) in [6.45, 7) is 4.28. The summed E-state index contributed by atoms with van der Waals surface area (Å²) in [6.07, 6.45) is 1.60. The number of carbonyl (C=O) groups is 1. The van der Waals surface area contributed by atoms with Gasteiger partial charge in [-0.05, 0) is 29.5 Å². The van der Waals surface area contributed by atoms with Crippen LogP contribution in [0.15, 0.2) is 29.4 Å². The Morgan fingerprint density at radius 1 is 1.32 bits per heavy atom. The average molecular weight is 277 g/mol. The minimum Gasteiger partial charge on any atom is -0.306 e. The summed E-state index contributed by atoms with van der Waals surface area (Å²) in [5, 5.41) is 5.10. The molecule has 0 spiro atoms. The van der Waals surface area contributed by atoms with E-state index >= 15 is 0 Å². The Labute approximate surface area is 118 Å². The molecule has 1 aliphatic carbocycles. The van der Waals surface area contributed by atoms with Crippen molar-refractivity contribution in [3.63, 3.8) is 0 Å². The van der Waals surface area contributed by atoms with E-state index in [0.29, 0.717) is 17.2 Å². The van der Waals surface area contributed by atoms with Gasteiger partial charge >= 0.3 is 0 Å². The molecule has 100 valence electrons. The van der Waals surface area contributed by atoms with Crippen LogP contribution in [0.1, 0.15) is 32.3 Å². The van der Waals surface area contributed by atoms with Crippen LogP contribution in [0, 0.1) is 11.3 Å². The molecule has 3 rings (SSSR count). The third-order valence-corrected chi connectivity index (χ3v) is 4.21. The Bertz CT molecular complexity index is 548. The van der Waals surface area contributed by atoms with Crippen LogP contribution in [0.4, 0.5) is 0 Å². The molecule has 3 nitrogen and oxygen atoms in total. The molecule has 1 N–H and O–H groups in total. The second-order valence-corrected chi connectivity index (χ2v) is 6.67. The highest BCUT2D eigenvalue weighted by Crippen LogP contribution is 2.39. The van der Waals surface area contributed by atoms with Gasteiger partial charge in [0.2, 0.25) is 0 Å². The van der Waals surface area contributed by atoms with Crippen molar-refractivity contribution in [1.82, 2.24) is 5.43 Å². The summed E-state index contributed by atoms with van der Waals surface area (Å²) < 4.78 is 0. The van der Waals surface area contributed by atoms with Crippen molar-refractivity contribution in [2.24, 2.45) is 16.4 Å². The van der Waals surface area contributed by atoms with E-state index in [1.807, 2.05) is 24.3 Å². The Balaban J connectivity index is 1.90. The van der Waals surface area contributed by atoms with Gasteiger partial charge in [-0.25, -0.2) is 0 Å². The van der Waals surface area contributed by atoms with Gasteiger partial charge in [-0.1, -0.05) is 37.6 Å². The summed E-state index contributed by atoms with van der Waals surface area (Å²) in [6, 6.07) is 7.67. The molecule has 1 fully saturated rings. The van der Waals surface area contributed by atoms with Crippen molar-refractivity contribution in [2.45, 2.75) is 32.7 Å². The molecular weight excluding hydrogens is 260 g/mol. The number of hydrazone groups is 1. The first kappa shape index (κ1) is 12.7. The fraction of sp³-hybridized carbons (Fsp3) is 0.467. The lowest BCUT2D eigenvalue weighted by Crippen LogP contribution is -2.45. The minimum atomic E-state index is -0.103. The van der Waals surface area contributed by atoms with Gasteiger partial charge in [-0.2, -0.15) is 5.10 Å². The van der Waals surface area contributed by atoms with Crippen molar-refractivity contribution in [3.8, 4) is 0 Å². The molecule has 1 heterocycles. The molecule has 1 aromatic carbocycles. The molecule has 2 aliphatic rings. The van der Waals surface area contributed by atoms with Crippen LogP contribution >= 0.6 is 11.6 Å². The third kappa shape index (κ3) is 2.27. The number of hydrogen-bond donors (Lipinski definition) is 1. The standard InChI is InChI=1S/C15H17ClN2O/c1-15(2)7-11-13(12(19)8-15)14(18-17-11)9-3-5-10(16)6-4-9/h3-6,11,13,17H,7-8H2,1-2H3/t11-,13-/m1/s1. The van der Waals surface area contributed by atoms with Gasteiger partial charge in [0.15, 0.2) is 0 Å². The summed E-state index contributed by atoms with van der Waals surface area (Å²) in [5.74, 6) is 0.189. The van der Waals surface area contributed by atoms with E-state index in [1.165, 1.54) is 0 Å². The number of halogens is 1. The van der Waals surface area contributed by atoms with Gasteiger partial charge in [-0.3, -0.25) is 4.79 Å². The van der Waals surface area contributed by atoms with Crippen LogP contribution in [0.2, 0.25) is 5.02 Å². The molecule has 4 heteroatoms. The quantitative estimate of drug-likeness (QED) is 0.857. The molecule has 0 saturated heterocycles. The number of nitrogens with zero attached hydrogens (tertiary/aromatic N) is 1. The van der Waals surface area contributed by atoms with Crippen LogP contribution in [-0.2, 0) is 4.79 Å². The molecular formula is C15H17ClN2O. The van der Waals surface area contributed by atoms with E-state index in [9.17, 15) is 4.79 Å². The first-order chi connectivity index (χ1) is 8.96. The largest absolute Gasteiger partial charge is 0.306 e. The molecule has 19 heavy (non-hydrogen) atoms. The second-order valence-electron chi connectivity index (χ2n) is 6.23. The van der Waals surface area contributed by atoms with Crippen molar-refractivity contribution in [1.29, 1.82) is 0 Å². The second kappa shape index (κ2) is 4.34. The highest BCUT2D eigenvalue weighted by atomic mass is 35.5. The third-order valence-electron chi connectivity index (χ3n) is 3.96. The van der Waals surface area contributed by atoms with Gasteiger partial charge in [0.25, 0.3) is 0 Å². The topological polar surface area (TPSA) is 41.5 Å². The summed E-state index contributed by atoms with van der Waals surface area (Å²) in [4.78, 5) is 12.4. The Morgan fingerprint density at radius 3 is 2.68 bits per heavy atom. The van der Waals surface area contributed by atoms with Crippen molar-refractivity contribution in [2.75, 3.05) is 0 Å². The number of fused-ring (bicyclic) bond motifs is 1. The Hall–Kier alpha value is -1.35. The predicted octanol–water partition coefficient (Wildman–Crippen LogP) is 3.02. The number of nitrogens with one attached hydrogen (secondary N) is 1. The molecule has 0 bridgehead atoms. The van der Waals surface area contributed by atoms with E-state index in [-0.39, 0.29) is 17.4 Å². The molecule has 1 aromatic rings. The SMILES string of the molecule is CC1(C)CC(=O)[C@@H]2C(c3ccc(Cl)cc3)=NN[C@@H]2C1. The fourth-order valence-corrected chi connectivity index (χ4v) is 3.27. The van der Waals surface area contributed by atoms with Crippen LogP contribution < -0.4 is 5.43 Å². The summed E-state index contributed by atoms with van der Waals surface area (Å²) in [7, 11) is 0. The maximum Gasteiger partial charge on any atom is 0.144 e. The molecule has 2 atom stereocenters.